The lowest BCUT2D eigenvalue weighted by molar-refractivity contribution is -0.142. The van der Waals surface area contributed by atoms with E-state index < -0.39 is 0 Å². The molecule has 14 heavy (non-hydrogen) atoms. The molecule has 0 fully saturated rings. The van der Waals surface area contributed by atoms with Gasteiger partial charge in [-0.3, -0.25) is 4.79 Å². The average molecular weight is 220 g/mol. The van der Waals surface area contributed by atoms with Gasteiger partial charge in [0.05, 0.1) is 6.61 Å². The molecule has 0 aliphatic heterocycles. The Labute approximate surface area is 90.5 Å². The largest absolute Gasteiger partial charge is 0.465 e. The van der Waals surface area contributed by atoms with Crippen LogP contribution < -0.4 is 0 Å². The van der Waals surface area contributed by atoms with Gasteiger partial charge >= 0.3 is 5.97 Å². The van der Waals surface area contributed by atoms with Crippen LogP contribution in [-0.4, -0.2) is 37.3 Å². The van der Waals surface area contributed by atoms with Crippen LogP contribution in [0.25, 0.3) is 0 Å². The molecule has 1 unspecified atom stereocenters. The van der Waals surface area contributed by atoms with E-state index in [0.717, 1.165) is 25.2 Å². The fourth-order valence-corrected chi connectivity index (χ4v) is 2.03. The van der Waals surface area contributed by atoms with Gasteiger partial charge in [-0.1, -0.05) is 6.92 Å². The molecule has 0 saturated carbocycles. The number of hydrogen-bond donors (Lipinski definition) is 0. The number of rotatable bonds is 8. The normalized spacial score (nSPS) is 12.5. The summed E-state index contributed by atoms with van der Waals surface area (Å²) in [5.41, 5.74) is 0. The molecule has 0 rings (SSSR count). The number of thioether (sulfide) groups is 1. The molecule has 0 heterocycles. The number of ether oxygens (including phenoxy) is 2. The van der Waals surface area contributed by atoms with Crippen molar-refractivity contribution in [3.05, 3.63) is 0 Å². The first-order valence-electron chi connectivity index (χ1n) is 5.03. The SMILES string of the molecule is CCOC(=O)C(CC)SCCCOC. The van der Waals surface area contributed by atoms with E-state index in [0.29, 0.717) is 6.61 Å². The zero-order valence-corrected chi connectivity index (χ0v) is 10.1. The van der Waals surface area contributed by atoms with Gasteiger partial charge in [-0.2, -0.15) is 0 Å². The second kappa shape index (κ2) is 9.34. The fourth-order valence-electron chi connectivity index (χ4n) is 1.02. The summed E-state index contributed by atoms with van der Waals surface area (Å²) in [6.45, 7) is 5.06. The molecule has 0 aromatic rings. The van der Waals surface area contributed by atoms with Gasteiger partial charge in [0, 0.05) is 13.7 Å². The van der Waals surface area contributed by atoms with Crippen molar-refractivity contribution in [2.75, 3.05) is 26.1 Å². The van der Waals surface area contributed by atoms with Crippen molar-refractivity contribution < 1.29 is 14.3 Å². The summed E-state index contributed by atoms with van der Waals surface area (Å²) in [6.07, 6.45) is 1.81. The monoisotopic (exact) mass is 220 g/mol. The topological polar surface area (TPSA) is 35.5 Å². The maximum absolute atomic E-state index is 11.4. The number of methoxy groups -OCH3 is 1. The summed E-state index contributed by atoms with van der Waals surface area (Å²) in [5, 5.41) is -0.00759. The van der Waals surface area contributed by atoms with Gasteiger partial charge in [0.1, 0.15) is 5.25 Å². The van der Waals surface area contributed by atoms with Gasteiger partial charge in [-0.15, -0.1) is 11.8 Å². The van der Waals surface area contributed by atoms with Crippen LogP contribution in [0.2, 0.25) is 0 Å². The quantitative estimate of drug-likeness (QED) is 0.463. The van der Waals surface area contributed by atoms with Crippen LogP contribution in [0.3, 0.4) is 0 Å². The minimum atomic E-state index is -0.0857. The van der Waals surface area contributed by atoms with Crippen LogP contribution in [0.5, 0.6) is 0 Å². The summed E-state index contributed by atoms with van der Waals surface area (Å²) in [7, 11) is 1.69. The first-order valence-corrected chi connectivity index (χ1v) is 6.08. The highest BCUT2D eigenvalue weighted by Gasteiger charge is 2.17. The molecular formula is C10H20O3S. The Balaban J connectivity index is 3.62. The van der Waals surface area contributed by atoms with Crippen molar-refractivity contribution in [2.45, 2.75) is 31.9 Å². The molecule has 0 amide bonds. The van der Waals surface area contributed by atoms with Crippen LogP contribution >= 0.6 is 11.8 Å². The van der Waals surface area contributed by atoms with E-state index in [1.54, 1.807) is 18.9 Å². The van der Waals surface area contributed by atoms with Gasteiger partial charge in [-0.05, 0) is 25.5 Å². The number of carbonyl (C=O) groups is 1. The minimum Gasteiger partial charge on any atom is -0.465 e. The molecular weight excluding hydrogens is 200 g/mol. The standard InChI is InChI=1S/C10H20O3S/c1-4-9(10(11)13-5-2)14-8-6-7-12-3/h9H,4-8H2,1-3H3. The van der Waals surface area contributed by atoms with E-state index in [-0.39, 0.29) is 11.2 Å². The summed E-state index contributed by atoms with van der Waals surface area (Å²) < 4.78 is 9.90. The Bertz CT molecular complexity index is 150. The van der Waals surface area contributed by atoms with Crippen LogP contribution in [0.1, 0.15) is 26.7 Å². The zero-order valence-electron chi connectivity index (χ0n) is 9.25. The highest BCUT2D eigenvalue weighted by molar-refractivity contribution is 8.00. The first-order chi connectivity index (χ1) is 6.76. The van der Waals surface area contributed by atoms with Gasteiger partial charge in [0.15, 0.2) is 0 Å². The molecule has 0 aromatic heterocycles. The second-order valence-corrected chi connectivity index (χ2v) is 4.18. The highest BCUT2D eigenvalue weighted by atomic mass is 32.2. The molecule has 0 saturated heterocycles. The first kappa shape index (κ1) is 13.8. The molecule has 0 radical (unpaired) electrons. The smallest absolute Gasteiger partial charge is 0.319 e. The average Bonchev–Trinajstić information content (AvgIpc) is 2.18. The predicted octanol–water partition coefficient (Wildman–Crippen LogP) is 2.10. The van der Waals surface area contributed by atoms with Crippen LogP contribution in [0.4, 0.5) is 0 Å². The summed E-state index contributed by atoms with van der Waals surface area (Å²) in [6, 6.07) is 0. The van der Waals surface area contributed by atoms with E-state index in [9.17, 15) is 4.79 Å². The third-order valence-corrected chi connectivity index (χ3v) is 3.18. The summed E-state index contributed by atoms with van der Waals surface area (Å²) in [5.74, 6) is 0.864. The van der Waals surface area contributed by atoms with Crippen molar-refractivity contribution in [3.8, 4) is 0 Å². The van der Waals surface area contributed by atoms with E-state index in [4.69, 9.17) is 9.47 Å². The summed E-state index contributed by atoms with van der Waals surface area (Å²) in [4.78, 5) is 11.4. The second-order valence-electron chi connectivity index (χ2n) is 2.87. The molecule has 0 aromatic carbocycles. The zero-order chi connectivity index (χ0) is 10.8. The van der Waals surface area contributed by atoms with Crippen LogP contribution in [0.15, 0.2) is 0 Å². The number of esters is 1. The third kappa shape index (κ3) is 6.27. The van der Waals surface area contributed by atoms with Crippen molar-refractivity contribution in [3.63, 3.8) is 0 Å². The lowest BCUT2D eigenvalue weighted by atomic mass is 10.3. The molecule has 0 bridgehead atoms. The Morgan fingerprint density at radius 2 is 2.14 bits per heavy atom. The van der Waals surface area contributed by atoms with Crippen LogP contribution in [-0.2, 0) is 14.3 Å². The molecule has 4 heteroatoms. The molecule has 0 N–H and O–H groups in total. The van der Waals surface area contributed by atoms with E-state index >= 15 is 0 Å². The van der Waals surface area contributed by atoms with E-state index in [1.165, 1.54) is 0 Å². The minimum absolute atomic E-state index is 0.00759. The maximum Gasteiger partial charge on any atom is 0.319 e. The molecule has 0 aliphatic carbocycles. The van der Waals surface area contributed by atoms with Crippen LogP contribution in [0, 0.1) is 0 Å². The molecule has 0 spiro atoms. The molecule has 3 nitrogen and oxygen atoms in total. The van der Waals surface area contributed by atoms with Crippen molar-refractivity contribution >= 4 is 17.7 Å². The Morgan fingerprint density at radius 3 is 2.64 bits per heavy atom. The van der Waals surface area contributed by atoms with Gasteiger partial charge in [0.2, 0.25) is 0 Å². The number of carbonyl (C=O) groups excluding carboxylic acids is 1. The van der Waals surface area contributed by atoms with Crippen molar-refractivity contribution in [1.29, 1.82) is 0 Å². The van der Waals surface area contributed by atoms with E-state index in [1.807, 2.05) is 13.8 Å². The number of hydrogen-bond acceptors (Lipinski definition) is 4. The molecule has 1 atom stereocenters. The van der Waals surface area contributed by atoms with Gasteiger partial charge < -0.3 is 9.47 Å². The highest BCUT2D eigenvalue weighted by Crippen LogP contribution is 2.17. The predicted molar refractivity (Wildman–Crippen MR) is 59.7 cm³/mol. The van der Waals surface area contributed by atoms with Gasteiger partial charge in [-0.25, -0.2) is 0 Å². The summed E-state index contributed by atoms with van der Waals surface area (Å²) >= 11 is 1.65. The van der Waals surface area contributed by atoms with Crippen molar-refractivity contribution in [1.82, 2.24) is 0 Å². The fraction of sp³-hybridized carbons (Fsp3) is 0.900. The third-order valence-electron chi connectivity index (χ3n) is 1.73. The van der Waals surface area contributed by atoms with Crippen molar-refractivity contribution in [2.24, 2.45) is 0 Å². The lowest BCUT2D eigenvalue weighted by Gasteiger charge is -2.12. The molecule has 84 valence electrons. The Morgan fingerprint density at radius 1 is 1.43 bits per heavy atom. The molecule has 0 aliphatic rings. The maximum atomic E-state index is 11.4. The lowest BCUT2D eigenvalue weighted by Crippen LogP contribution is -2.20. The Hall–Kier alpha value is -0.220. The van der Waals surface area contributed by atoms with Gasteiger partial charge in [0.25, 0.3) is 0 Å². The Kier molecular flexibility index (Phi) is 9.19. The van der Waals surface area contributed by atoms with E-state index in [2.05, 4.69) is 0 Å².